The fraction of sp³-hybridized carbons (Fsp3) is 0.391. The maximum absolute atomic E-state index is 12.9. The number of para-hydroxylation sites is 1. The van der Waals surface area contributed by atoms with Crippen molar-refractivity contribution in [3.8, 4) is 0 Å². The molecule has 0 radical (unpaired) electrons. The van der Waals surface area contributed by atoms with Crippen molar-refractivity contribution in [1.29, 1.82) is 0 Å². The summed E-state index contributed by atoms with van der Waals surface area (Å²) in [5.74, 6) is -2.14. The molecule has 0 saturated carbocycles. The first kappa shape index (κ1) is 24.0. The fourth-order valence-corrected chi connectivity index (χ4v) is 3.70. The van der Waals surface area contributed by atoms with Crippen LogP contribution in [0.15, 0.2) is 43.0 Å². The number of rotatable bonds is 11. The highest BCUT2D eigenvalue weighted by atomic mass is 16.4. The van der Waals surface area contributed by atoms with Gasteiger partial charge in [0, 0.05) is 29.7 Å². The smallest absolute Gasteiger partial charge is 0.326 e. The molecule has 2 amide bonds. The third-order valence-electron chi connectivity index (χ3n) is 5.37. The Balaban J connectivity index is 1.66. The Kier molecular flexibility index (Phi) is 7.83. The number of amides is 2. The number of benzene rings is 1. The minimum absolute atomic E-state index is 0.0208. The van der Waals surface area contributed by atoms with Gasteiger partial charge < -0.3 is 31.4 Å². The van der Waals surface area contributed by atoms with E-state index in [4.69, 9.17) is 5.73 Å². The highest BCUT2D eigenvalue weighted by Gasteiger charge is 2.29. The van der Waals surface area contributed by atoms with Crippen LogP contribution in [0.5, 0.6) is 0 Å². The molecule has 10 nitrogen and oxygen atoms in total. The zero-order valence-electron chi connectivity index (χ0n) is 18.7. The molecule has 3 atom stereocenters. The van der Waals surface area contributed by atoms with Gasteiger partial charge in [0.15, 0.2) is 0 Å². The lowest BCUT2D eigenvalue weighted by Gasteiger charge is -2.24. The van der Waals surface area contributed by atoms with Crippen LogP contribution in [-0.2, 0) is 27.2 Å². The third-order valence-corrected chi connectivity index (χ3v) is 5.37. The zero-order chi connectivity index (χ0) is 24.0. The second-order valence-corrected chi connectivity index (χ2v) is 8.52. The van der Waals surface area contributed by atoms with E-state index in [2.05, 4.69) is 25.6 Å². The molecule has 7 N–H and O–H groups in total. The van der Waals surface area contributed by atoms with Gasteiger partial charge in [-0.3, -0.25) is 9.59 Å². The van der Waals surface area contributed by atoms with E-state index in [0.717, 1.165) is 16.5 Å². The van der Waals surface area contributed by atoms with Crippen molar-refractivity contribution in [3.05, 3.63) is 54.2 Å². The number of aliphatic carboxylic acids is 1. The van der Waals surface area contributed by atoms with Gasteiger partial charge in [-0.15, -0.1) is 0 Å². The molecule has 0 bridgehead atoms. The molecule has 0 saturated heterocycles. The molecule has 2 heterocycles. The predicted molar refractivity (Wildman–Crippen MR) is 123 cm³/mol. The molecule has 3 rings (SSSR count). The van der Waals surface area contributed by atoms with Crippen LogP contribution in [-0.4, -0.2) is 56.0 Å². The Labute approximate surface area is 191 Å². The van der Waals surface area contributed by atoms with Crippen molar-refractivity contribution >= 4 is 28.7 Å². The predicted octanol–water partition coefficient (Wildman–Crippen LogP) is 1.10. The van der Waals surface area contributed by atoms with Gasteiger partial charge in [0.2, 0.25) is 11.8 Å². The standard InChI is InChI=1S/C23H30N6O4/c1-13(2)7-19(22(31)29-20(23(32)33)9-15-11-25-12-27-15)28-21(30)17(24)8-14-10-26-18-6-4-3-5-16(14)18/h3-6,10-13,17,19-20,26H,7-9,24H2,1-2H3,(H,25,27)(H,28,30)(H,29,31)(H,32,33)/t17-,19-,20-/m0/s1. The van der Waals surface area contributed by atoms with Gasteiger partial charge in [-0.2, -0.15) is 0 Å². The molecule has 3 aromatic rings. The number of nitrogens with one attached hydrogen (secondary N) is 4. The van der Waals surface area contributed by atoms with Crippen LogP contribution in [0.1, 0.15) is 31.5 Å². The molecular formula is C23H30N6O4. The monoisotopic (exact) mass is 454 g/mol. The van der Waals surface area contributed by atoms with Gasteiger partial charge >= 0.3 is 5.97 Å². The number of fused-ring (bicyclic) bond motifs is 1. The lowest BCUT2D eigenvalue weighted by Crippen LogP contribution is -2.55. The number of carboxylic acids is 1. The van der Waals surface area contributed by atoms with Gasteiger partial charge in [0.1, 0.15) is 12.1 Å². The molecule has 176 valence electrons. The van der Waals surface area contributed by atoms with E-state index in [-0.39, 0.29) is 12.3 Å². The zero-order valence-corrected chi connectivity index (χ0v) is 18.7. The molecule has 0 unspecified atom stereocenters. The number of carboxylic acid groups (broad SMARTS) is 1. The van der Waals surface area contributed by atoms with Gasteiger partial charge in [-0.05, 0) is 30.4 Å². The van der Waals surface area contributed by atoms with Crippen LogP contribution < -0.4 is 16.4 Å². The number of imidazole rings is 1. The summed E-state index contributed by atoms with van der Waals surface area (Å²) >= 11 is 0. The first-order valence-electron chi connectivity index (χ1n) is 10.9. The van der Waals surface area contributed by atoms with Crippen molar-refractivity contribution in [2.24, 2.45) is 11.7 Å². The number of carbonyl (C=O) groups is 3. The first-order valence-corrected chi connectivity index (χ1v) is 10.9. The van der Waals surface area contributed by atoms with Crippen LogP contribution >= 0.6 is 0 Å². The summed E-state index contributed by atoms with van der Waals surface area (Å²) in [7, 11) is 0. The SMILES string of the molecule is CC(C)C[C@H](NC(=O)[C@@H](N)Cc1c[nH]c2ccccc12)C(=O)N[C@@H](Cc1c[nH]cn1)C(=O)O. The minimum atomic E-state index is -1.18. The third kappa shape index (κ3) is 6.42. The molecule has 0 spiro atoms. The highest BCUT2D eigenvalue weighted by Crippen LogP contribution is 2.19. The van der Waals surface area contributed by atoms with Crippen LogP contribution in [0.2, 0.25) is 0 Å². The maximum atomic E-state index is 12.9. The Hall–Kier alpha value is -3.66. The number of aromatic amines is 2. The summed E-state index contributed by atoms with van der Waals surface area (Å²) in [6, 6.07) is 4.77. The Morgan fingerprint density at radius 1 is 1.06 bits per heavy atom. The summed E-state index contributed by atoms with van der Waals surface area (Å²) in [6.45, 7) is 3.83. The number of nitrogens with zero attached hydrogens (tertiary/aromatic N) is 1. The van der Waals surface area contributed by atoms with Gasteiger partial charge in [-0.1, -0.05) is 32.0 Å². The molecule has 33 heavy (non-hydrogen) atoms. The number of hydrogen-bond acceptors (Lipinski definition) is 5. The van der Waals surface area contributed by atoms with E-state index in [1.165, 1.54) is 6.33 Å². The lowest BCUT2D eigenvalue weighted by atomic mass is 10.0. The van der Waals surface area contributed by atoms with Crippen LogP contribution in [0.25, 0.3) is 10.9 Å². The van der Waals surface area contributed by atoms with Crippen molar-refractivity contribution in [1.82, 2.24) is 25.6 Å². The van der Waals surface area contributed by atoms with Crippen molar-refractivity contribution in [2.75, 3.05) is 0 Å². The van der Waals surface area contributed by atoms with Crippen molar-refractivity contribution in [3.63, 3.8) is 0 Å². The van der Waals surface area contributed by atoms with Gasteiger partial charge in [-0.25, -0.2) is 9.78 Å². The average molecular weight is 455 g/mol. The van der Waals surface area contributed by atoms with E-state index in [1.54, 1.807) is 6.20 Å². The number of H-pyrrole nitrogens is 2. The molecule has 0 aliphatic heterocycles. The normalized spacial score (nSPS) is 14.1. The van der Waals surface area contributed by atoms with Crippen LogP contribution in [0.4, 0.5) is 0 Å². The quantitative estimate of drug-likeness (QED) is 0.254. The second-order valence-electron chi connectivity index (χ2n) is 8.52. The molecule has 1 aromatic carbocycles. The number of carbonyl (C=O) groups excluding carboxylic acids is 2. The Bertz CT molecular complexity index is 1090. The summed E-state index contributed by atoms with van der Waals surface area (Å²) in [6.07, 6.45) is 5.48. The first-order chi connectivity index (χ1) is 15.7. The maximum Gasteiger partial charge on any atom is 0.326 e. The molecule has 0 aliphatic carbocycles. The highest BCUT2D eigenvalue weighted by molar-refractivity contribution is 5.92. The second kappa shape index (κ2) is 10.8. The van der Waals surface area contributed by atoms with Gasteiger partial charge in [0.05, 0.1) is 18.1 Å². The molecule has 0 aliphatic rings. The van der Waals surface area contributed by atoms with Crippen molar-refractivity contribution in [2.45, 2.75) is 51.2 Å². The fourth-order valence-electron chi connectivity index (χ4n) is 3.70. The van der Waals surface area contributed by atoms with E-state index < -0.39 is 35.9 Å². The largest absolute Gasteiger partial charge is 0.480 e. The average Bonchev–Trinajstić information content (AvgIpc) is 3.42. The molecule has 10 heteroatoms. The van der Waals surface area contributed by atoms with Crippen LogP contribution in [0, 0.1) is 5.92 Å². The van der Waals surface area contributed by atoms with Gasteiger partial charge in [0.25, 0.3) is 0 Å². The summed E-state index contributed by atoms with van der Waals surface area (Å²) < 4.78 is 0. The molecule has 2 aromatic heterocycles. The number of aromatic nitrogens is 3. The molecular weight excluding hydrogens is 424 g/mol. The lowest BCUT2D eigenvalue weighted by molar-refractivity contribution is -0.142. The summed E-state index contributed by atoms with van der Waals surface area (Å²) in [4.78, 5) is 47.3. The van der Waals surface area contributed by atoms with E-state index in [0.29, 0.717) is 18.5 Å². The number of hydrogen-bond donors (Lipinski definition) is 6. The summed E-state index contributed by atoms with van der Waals surface area (Å²) in [5, 5.41) is 15.7. The topological polar surface area (TPSA) is 166 Å². The van der Waals surface area contributed by atoms with Crippen LogP contribution in [0.3, 0.4) is 0 Å². The van der Waals surface area contributed by atoms with E-state index >= 15 is 0 Å². The Morgan fingerprint density at radius 2 is 1.79 bits per heavy atom. The minimum Gasteiger partial charge on any atom is -0.480 e. The number of nitrogens with two attached hydrogens (primary N) is 1. The Morgan fingerprint density at radius 3 is 2.45 bits per heavy atom. The van der Waals surface area contributed by atoms with E-state index in [1.807, 2.05) is 44.3 Å². The summed E-state index contributed by atoms with van der Waals surface area (Å²) in [5.41, 5.74) is 8.52. The van der Waals surface area contributed by atoms with E-state index in [9.17, 15) is 19.5 Å². The molecule has 0 fully saturated rings. The van der Waals surface area contributed by atoms with Crippen molar-refractivity contribution < 1.29 is 19.5 Å².